The molecule has 0 radical (unpaired) electrons. The van der Waals surface area contributed by atoms with Crippen molar-refractivity contribution >= 4 is 21.7 Å². The third-order valence-corrected chi connectivity index (χ3v) is 7.07. The van der Waals surface area contributed by atoms with Gasteiger partial charge in [-0.3, -0.25) is 9.59 Å². The topological polar surface area (TPSA) is 74.8 Å². The molecule has 6 nitrogen and oxygen atoms in total. The maximum atomic E-state index is 12.6. The number of rotatable bonds is 5. The molecule has 0 bridgehead atoms. The fraction of sp³-hybridized carbons (Fsp3) is 0.619. The number of hydrogen-bond acceptors (Lipinski definition) is 4. The van der Waals surface area contributed by atoms with Gasteiger partial charge in [-0.1, -0.05) is 32.1 Å². The molecule has 2 aliphatic rings. The van der Waals surface area contributed by atoms with Crippen molar-refractivity contribution in [2.75, 3.05) is 32.4 Å². The summed E-state index contributed by atoms with van der Waals surface area (Å²) < 4.78 is 23.1. The zero-order chi connectivity index (χ0) is 20.1. The summed E-state index contributed by atoms with van der Waals surface area (Å²) in [5.41, 5.74) is 0.476. The lowest BCUT2D eigenvalue weighted by molar-refractivity contribution is -0.133. The molecule has 7 heteroatoms. The van der Waals surface area contributed by atoms with Gasteiger partial charge in [0.15, 0.2) is 9.84 Å². The van der Waals surface area contributed by atoms with Crippen molar-refractivity contribution in [3.05, 3.63) is 29.8 Å². The van der Waals surface area contributed by atoms with Gasteiger partial charge in [-0.05, 0) is 36.6 Å². The van der Waals surface area contributed by atoms with Crippen molar-refractivity contribution in [3.8, 4) is 0 Å². The van der Waals surface area contributed by atoms with Crippen LogP contribution in [0.3, 0.4) is 0 Å². The predicted molar refractivity (Wildman–Crippen MR) is 108 cm³/mol. The molecule has 0 atom stereocenters. The highest BCUT2D eigenvalue weighted by atomic mass is 32.2. The second-order valence-electron chi connectivity index (χ2n) is 8.01. The van der Waals surface area contributed by atoms with Gasteiger partial charge >= 0.3 is 0 Å². The number of carbonyl (C=O) groups excluding carboxylic acids is 2. The minimum Gasteiger partial charge on any atom is -0.339 e. The van der Waals surface area contributed by atoms with Gasteiger partial charge < -0.3 is 9.80 Å². The van der Waals surface area contributed by atoms with E-state index in [2.05, 4.69) is 0 Å². The highest BCUT2D eigenvalue weighted by Gasteiger charge is 2.25. The lowest BCUT2D eigenvalue weighted by Crippen LogP contribution is -2.50. The first-order valence-corrected chi connectivity index (χ1v) is 12.1. The molecule has 1 aliphatic carbocycles. The van der Waals surface area contributed by atoms with E-state index in [1.54, 1.807) is 17.0 Å². The van der Waals surface area contributed by atoms with E-state index in [1.165, 1.54) is 44.2 Å². The predicted octanol–water partition coefficient (Wildman–Crippen LogP) is 2.74. The minimum absolute atomic E-state index is 0.116. The van der Waals surface area contributed by atoms with Gasteiger partial charge in [0.2, 0.25) is 5.91 Å². The van der Waals surface area contributed by atoms with Crippen LogP contribution in [-0.2, 0) is 14.6 Å². The summed E-state index contributed by atoms with van der Waals surface area (Å²) in [6.07, 6.45) is 9.19. The molecule has 1 aliphatic heterocycles. The van der Waals surface area contributed by atoms with Crippen LogP contribution in [0, 0.1) is 5.92 Å². The zero-order valence-corrected chi connectivity index (χ0v) is 17.4. The molecular formula is C21H30N2O4S. The molecule has 2 amide bonds. The zero-order valence-electron chi connectivity index (χ0n) is 16.6. The number of amides is 2. The van der Waals surface area contributed by atoms with E-state index in [-0.39, 0.29) is 16.7 Å². The number of benzene rings is 1. The number of carbonyl (C=O) groups is 2. The maximum absolute atomic E-state index is 12.6. The van der Waals surface area contributed by atoms with E-state index < -0.39 is 9.84 Å². The average Bonchev–Trinajstić information content (AvgIpc) is 2.72. The van der Waals surface area contributed by atoms with Crippen LogP contribution in [-0.4, -0.2) is 62.5 Å². The number of piperazine rings is 1. The van der Waals surface area contributed by atoms with E-state index in [4.69, 9.17) is 0 Å². The number of hydrogen-bond donors (Lipinski definition) is 0. The molecular weight excluding hydrogens is 376 g/mol. The molecule has 1 heterocycles. The van der Waals surface area contributed by atoms with Crippen molar-refractivity contribution in [3.63, 3.8) is 0 Å². The third kappa shape index (κ3) is 5.34. The monoisotopic (exact) mass is 406 g/mol. The second kappa shape index (κ2) is 9.07. The minimum atomic E-state index is -3.27. The van der Waals surface area contributed by atoms with E-state index in [0.29, 0.717) is 44.1 Å². The summed E-state index contributed by atoms with van der Waals surface area (Å²) in [6.45, 7) is 2.16. The normalized spacial score (nSPS) is 18.9. The molecule has 1 aromatic rings. The molecule has 1 saturated carbocycles. The summed E-state index contributed by atoms with van der Waals surface area (Å²) in [6, 6.07) is 6.04. The fourth-order valence-electron chi connectivity index (χ4n) is 4.15. The number of sulfone groups is 1. The van der Waals surface area contributed by atoms with Crippen molar-refractivity contribution in [1.82, 2.24) is 9.80 Å². The van der Waals surface area contributed by atoms with E-state index in [9.17, 15) is 18.0 Å². The second-order valence-corrected chi connectivity index (χ2v) is 10.0. The largest absolute Gasteiger partial charge is 0.339 e. The Morgan fingerprint density at radius 3 is 2.07 bits per heavy atom. The summed E-state index contributed by atoms with van der Waals surface area (Å²) in [7, 11) is -3.27. The average molecular weight is 407 g/mol. The van der Waals surface area contributed by atoms with Gasteiger partial charge in [-0.25, -0.2) is 8.42 Å². The first-order chi connectivity index (χ1) is 13.3. The van der Waals surface area contributed by atoms with Crippen LogP contribution >= 0.6 is 0 Å². The Labute approximate surface area is 167 Å². The van der Waals surface area contributed by atoms with E-state index in [1.807, 2.05) is 4.90 Å². The summed E-state index contributed by atoms with van der Waals surface area (Å²) in [5.74, 6) is 0.792. The highest BCUT2D eigenvalue weighted by molar-refractivity contribution is 7.90. The van der Waals surface area contributed by atoms with Crippen molar-refractivity contribution < 1.29 is 18.0 Å². The van der Waals surface area contributed by atoms with Crippen LogP contribution in [0.25, 0.3) is 0 Å². The molecule has 28 heavy (non-hydrogen) atoms. The van der Waals surface area contributed by atoms with Crippen LogP contribution in [0.4, 0.5) is 0 Å². The van der Waals surface area contributed by atoms with Gasteiger partial charge in [0.1, 0.15) is 0 Å². The Bertz CT molecular complexity index is 790. The van der Waals surface area contributed by atoms with Crippen molar-refractivity contribution in [1.29, 1.82) is 0 Å². The van der Waals surface area contributed by atoms with Gasteiger partial charge in [0, 0.05) is 44.4 Å². The van der Waals surface area contributed by atoms with Gasteiger partial charge in [-0.15, -0.1) is 0 Å². The Morgan fingerprint density at radius 1 is 0.929 bits per heavy atom. The molecule has 0 aromatic heterocycles. The first-order valence-electron chi connectivity index (χ1n) is 10.2. The Hall–Kier alpha value is -1.89. The maximum Gasteiger partial charge on any atom is 0.253 e. The Balaban J connectivity index is 1.47. The standard InChI is InChI=1S/C21H30N2O4S/c1-28(26,27)19-10-8-18(9-11-19)21(25)23-15-13-22(14-16-23)20(24)12-7-17-5-3-2-4-6-17/h8-11,17H,2-7,12-16H2,1H3. The molecule has 2 fully saturated rings. The van der Waals surface area contributed by atoms with Crippen LogP contribution in [0.5, 0.6) is 0 Å². The molecule has 0 N–H and O–H groups in total. The quantitative estimate of drug-likeness (QED) is 0.754. The van der Waals surface area contributed by atoms with Crippen LogP contribution in [0.2, 0.25) is 0 Å². The lowest BCUT2D eigenvalue weighted by Gasteiger charge is -2.35. The highest BCUT2D eigenvalue weighted by Crippen LogP contribution is 2.27. The lowest BCUT2D eigenvalue weighted by atomic mass is 9.86. The fourth-order valence-corrected chi connectivity index (χ4v) is 4.78. The molecule has 0 spiro atoms. The third-order valence-electron chi connectivity index (χ3n) is 5.94. The van der Waals surface area contributed by atoms with Gasteiger partial charge in [0.05, 0.1) is 4.90 Å². The summed E-state index contributed by atoms with van der Waals surface area (Å²) in [4.78, 5) is 28.9. The van der Waals surface area contributed by atoms with E-state index in [0.717, 1.165) is 12.7 Å². The SMILES string of the molecule is CS(=O)(=O)c1ccc(C(=O)N2CCN(C(=O)CCC3CCCCC3)CC2)cc1. The number of nitrogens with zero attached hydrogens (tertiary/aromatic N) is 2. The van der Waals surface area contributed by atoms with Gasteiger partial charge in [0.25, 0.3) is 5.91 Å². The molecule has 0 unspecified atom stereocenters. The van der Waals surface area contributed by atoms with Crippen LogP contribution in [0.15, 0.2) is 29.2 Å². The van der Waals surface area contributed by atoms with Crippen molar-refractivity contribution in [2.45, 2.75) is 49.8 Å². The molecule has 3 rings (SSSR count). The summed E-state index contributed by atoms with van der Waals surface area (Å²) in [5, 5.41) is 0. The summed E-state index contributed by atoms with van der Waals surface area (Å²) >= 11 is 0. The van der Waals surface area contributed by atoms with Crippen LogP contribution in [0.1, 0.15) is 55.3 Å². The van der Waals surface area contributed by atoms with E-state index >= 15 is 0 Å². The Kier molecular flexibility index (Phi) is 6.75. The van der Waals surface area contributed by atoms with Crippen molar-refractivity contribution in [2.24, 2.45) is 5.92 Å². The first kappa shape index (κ1) is 20.8. The molecule has 1 aromatic carbocycles. The van der Waals surface area contributed by atoms with Gasteiger partial charge in [-0.2, -0.15) is 0 Å². The smallest absolute Gasteiger partial charge is 0.253 e. The van der Waals surface area contributed by atoms with Crippen LogP contribution < -0.4 is 0 Å². The molecule has 1 saturated heterocycles. The molecule has 154 valence electrons. The Morgan fingerprint density at radius 2 is 1.50 bits per heavy atom.